The Balaban J connectivity index is 2.09. The molecule has 9 heteroatoms. The summed E-state index contributed by atoms with van der Waals surface area (Å²) >= 11 is 0. The molecule has 0 saturated carbocycles. The molecule has 1 fully saturated rings. The predicted molar refractivity (Wildman–Crippen MR) is 90.2 cm³/mol. The molecule has 2 rings (SSSR count). The number of nitro groups is 1. The molecule has 1 aromatic rings. The fraction of sp³-hybridized carbons (Fsp3) is 0.353. The van der Waals surface area contributed by atoms with Crippen molar-refractivity contribution in [3.05, 3.63) is 39.4 Å². The smallest absolute Gasteiger partial charge is 0.305 e. The number of carbonyl (C=O) groups excluding carboxylic acids is 3. The summed E-state index contributed by atoms with van der Waals surface area (Å²) < 4.78 is 10.3. The molecule has 0 atom stereocenters. The van der Waals surface area contributed by atoms with Crippen LogP contribution in [-0.2, 0) is 19.1 Å². The number of ether oxygens (including phenoxy) is 2. The average molecular weight is 362 g/mol. The second kappa shape index (κ2) is 8.75. The molecular weight excluding hydrogens is 344 g/mol. The van der Waals surface area contributed by atoms with Gasteiger partial charge >= 0.3 is 5.97 Å². The van der Waals surface area contributed by atoms with E-state index in [9.17, 15) is 24.5 Å². The SMILES string of the molecule is CCOC(=O)CCCOc1ccc([N+](=O)[O-])c(/C=C2\CC(=O)NC2=O)c1. The van der Waals surface area contributed by atoms with Crippen LogP contribution in [0.3, 0.4) is 0 Å². The van der Waals surface area contributed by atoms with Crippen LogP contribution in [0.25, 0.3) is 6.08 Å². The van der Waals surface area contributed by atoms with E-state index in [1.807, 2.05) is 0 Å². The number of amides is 2. The van der Waals surface area contributed by atoms with Crippen molar-refractivity contribution in [2.75, 3.05) is 13.2 Å². The Morgan fingerprint density at radius 3 is 2.77 bits per heavy atom. The number of rotatable bonds is 8. The first kappa shape index (κ1) is 19.1. The summed E-state index contributed by atoms with van der Waals surface area (Å²) in [5.41, 5.74) is 0.110. The molecule has 0 spiro atoms. The number of hydrogen-bond acceptors (Lipinski definition) is 7. The second-order valence-electron chi connectivity index (χ2n) is 5.46. The molecule has 1 aromatic carbocycles. The number of carbonyl (C=O) groups is 3. The van der Waals surface area contributed by atoms with Crippen LogP contribution in [0.5, 0.6) is 5.75 Å². The molecule has 1 aliphatic rings. The summed E-state index contributed by atoms with van der Waals surface area (Å²) in [4.78, 5) is 44.7. The number of benzene rings is 1. The first-order valence-corrected chi connectivity index (χ1v) is 8.02. The van der Waals surface area contributed by atoms with E-state index in [0.29, 0.717) is 18.8 Å². The van der Waals surface area contributed by atoms with Crippen molar-refractivity contribution in [2.24, 2.45) is 0 Å². The maximum Gasteiger partial charge on any atom is 0.305 e. The van der Waals surface area contributed by atoms with E-state index in [1.165, 1.54) is 24.3 Å². The monoisotopic (exact) mass is 362 g/mol. The van der Waals surface area contributed by atoms with Crippen molar-refractivity contribution in [2.45, 2.75) is 26.2 Å². The van der Waals surface area contributed by atoms with Crippen LogP contribution in [0.4, 0.5) is 5.69 Å². The lowest BCUT2D eigenvalue weighted by atomic mass is 10.1. The van der Waals surface area contributed by atoms with Crippen molar-refractivity contribution < 1.29 is 28.8 Å². The van der Waals surface area contributed by atoms with Crippen LogP contribution in [0, 0.1) is 10.1 Å². The molecule has 1 aliphatic heterocycles. The third-order valence-corrected chi connectivity index (χ3v) is 3.52. The topological polar surface area (TPSA) is 125 Å². The second-order valence-corrected chi connectivity index (χ2v) is 5.46. The van der Waals surface area contributed by atoms with Gasteiger partial charge in [-0.1, -0.05) is 0 Å². The van der Waals surface area contributed by atoms with Gasteiger partial charge in [-0.25, -0.2) is 0 Å². The molecule has 1 heterocycles. The minimum atomic E-state index is -0.578. The van der Waals surface area contributed by atoms with Crippen LogP contribution in [0.15, 0.2) is 23.8 Å². The molecule has 2 amide bonds. The number of hydrogen-bond donors (Lipinski definition) is 1. The Morgan fingerprint density at radius 2 is 2.15 bits per heavy atom. The average Bonchev–Trinajstić information content (AvgIpc) is 2.89. The zero-order valence-electron chi connectivity index (χ0n) is 14.1. The molecule has 0 radical (unpaired) electrons. The van der Waals surface area contributed by atoms with Gasteiger partial charge in [0.15, 0.2) is 0 Å². The summed E-state index contributed by atoms with van der Waals surface area (Å²) in [5.74, 6) is -0.974. The van der Waals surface area contributed by atoms with Gasteiger partial charge in [0, 0.05) is 18.1 Å². The van der Waals surface area contributed by atoms with E-state index in [2.05, 4.69) is 5.32 Å². The van der Waals surface area contributed by atoms with Gasteiger partial charge in [0.05, 0.1) is 30.1 Å². The molecule has 0 bridgehead atoms. The molecule has 0 aromatic heterocycles. The van der Waals surface area contributed by atoms with Crippen LogP contribution in [0.2, 0.25) is 0 Å². The van der Waals surface area contributed by atoms with Gasteiger partial charge in [-0.3, -0.25) is 29.8 Å². The van der Waals surface area contributed by atoms with E-state index in [-0.39, 0.29) is 42.2 Å². The summed E-state index contributed by atoms with van der Waals surface area (Å²) in [6.45, 7) is 2.27. The van der Waals surface area contributed by atoms with Gasteiger partial charge in [-0.2, -0.15) is 0 Å². The fourth-order valence-electron chi connectivity index (χ4n) is 2.35. The highest BCUT2D eigenvalue weighted by atomic mass is 16.6. The fourth-order valence-corrected chi connectivity index (χ4v) is 2.35. The van der Waals surface area contributed by atoms with E-state index in [0.717, 1.165) is 0 Å². The van der Waals surface area contributed by atoms with Crippen LogP contribution >= 0.6 is 0 Å². The lowest BCUT2D eigenvalue weighted by Gasteiger charge is -2.07. The largest absolute Gasteiger partial charge is 0.494 e. The Kier molecular flexibility index (Phi) is 6.42. The first-order valence-electron chi connectivity index (χ1n) is 8.02. The molecule has 1 N–H and O–H groups in total. The molecule has 26 heavy (non-hydrogen) atoms. The van der Waals surface area contributed by atoms with Gasteiger partial charge in [0.25, 0.3) is 11.6 Å². The molecule has 138 valence electrons. The van der Waals surface area contributed by atoms with E-state index in [1.54, 1.807) is 6.92 Å². The summed E-state index contributed by atoms with van der Waals surface area (Å²) in [7, 11) is 0. The van der Waals surface area contributed by atoms with Crippen LogP contribution in [0.1, 0.15) is 31.7 Å². The number of nitrogens with one attached hydrogen (secondary N) is 1. The third-order valence-electron chi connectivity index (χ3n) is 3.52. The molecule has 1 saturated heterocycles. The highest BCUT2D eigenvalue weighted by Gasteiger charge is 2.25. The summed E-state index contributed by atoms with van der Waals surface area (Å²) in [6.07, 6.45) is 1.83. The van der Waals surface area contributed by atoms with Gasteiger partial charge in [0.1, 0.15) is 5.75 Å². The minimum Gasteiger partial charge on any atom is -0.494 e. The third kappa shape index (κ3) is 5.13. The van der Waals surface area contributed by atoms with Crippen LogP contribution in [-0.4, -0.2) is 35.9 Å². The molecule has 9 nitrogen and oxygen atoms in total. The van der Waals surface area contributed by atoms with Gasteiger partial charge in [0.2, 0.25) is 5.91 Å². The van der Waals surface area contributed by atoms with Crippen molar-refractivity contribution in [3.8, 4) is 5.75 Å². The molecule has 0 unspecified atom stereocenters. The number of nitro benzene ring substituents is 1. The van der Waals surface area contributed by atoms with Crippen molar-refractivity contribution in [1.29, 1.82) is 0 Å². The van der Waals surface area contributed by atoms with Crippen molar-refractivity contribution in [1.82, 2.24) is 5.32 Å². The zero-order chi connectivity index (χ0) is 19.1. The summed E-state index contributed by atoms with van der Waals surface area (Å²) in [6, 6.07) is 4.12. The molecule has 0 aliphatic carbocycles. The Bertz CT molecular complexity index is 770. The van der Waals surface area contributed by atoms with Gasteiger partial charge in [-0.15, -0.1) is 0 Å². The van der Waals surface area contributed by atoms with E-state index in [4.69, 9.17) is 9.47 Å². The van der Waals surface area contributed by atoms with Gasteiger partial charge < -0.3 is 9.47 Å². The number of imide groups is 1. The quantitative estimate of drug-likeness (QED) is 0.186. The Morgan fingerprint density at radius 1 is 1.38 bits per heavy atom. The predicted octanol–water partition coefficient (Wildman–Crippen LogP) is 1.75. The zero-order valence-corrected chi connectivity index (χ0v) is 14.1. The van der Waals surface area contributed by atoms with Gasteiger partial charge in [-0.05, 0) is 31.6 Å². The Labute approximate surface area is 149 Å². The lowest BCUT2D eigenvalue weighted by molar-refractivity contribution is -0.385. The molecular formula is C17H18N2O7. The Hall–Kier alpha value is -3.23. The maximum absolute atomic E-state index is 11.6. The highest BCUT2D eigenvalue weighted by Crippen LogP contribution is 2.28. The minimum absolute atomic E-state index is 0.124. The number of esters is 1. The standard InChI is InChI=1S/C17H18N2O7/c1-2-25-16(21)4-3-7-26-13-5-6-14(19(23)24)11(9-13)8-12-10-15(20)18-17(12)22/h5-6,8-9H,2-4,7,10H2,1H3,(H,18,20,22)/b12-8+. The first-order chi connectivity index (χ1) is 12.4. The van der Waals surface area contributed by atoms with Crippen molar-refractivity contribution in [3.63, 3.8) is 0 Å². The van der Waals surface area contributed by atoms with Crippen molar-refractivity contribution >= 4 is 29.5 Å². The normalized spacial score (nSPS) is 15.0. The highest BCUT2D eigenvalue weighted by molar-refractivity contribution is 6.15. The maximum atomic E-state index is 11.6. The van der Waals surface area contributed by atoms with E-state index >= 15 is 0 Å². The lowest BCUT2D eigenvalue weighted by Crippen LogP contribution is -2.19. The van der Waals surface area contributed by atoms with E-state index < -0.39 is 16.7 Å². The van der Waals surface area contributed by atoms with Crippen LogP contribution < -0.4 is 10.1 Å². The summed E-state index contributed by atoms with van der Waals surface area (Å²) in [5, 5.41) is 13.3. The number of nitrogens with zero attached hydrogens (tertiary/aromatic N) is 1.